The third kappa shape index (κ3) is 4.78. The average molecular weight is 391 g/mol. The van der Waals surface area contributed by atoms with E-state index in [9.17, 15) is 19.7 Å². The number of hydrogen-bond donors (Lipinski definition) is 0. The highest BCUT2D eigenvalue weighted by Crippen LogP contribution is 2.28. The van der Waals surface area contributed by atoms with Gasteiger partial charge in [-0.3, -0.25) is 14.9 Å². The highest BCUT2D eigenvalue weighted by atomic mass is 16.6. The zero-order chi connectivity index (χ0) is 20.1. The minimum absolute atomic E-state index is 0.0594. The molecular weight excluding hydrogens is 366 g/mol. The minimum Gasteiger partial charge on any atom is -0.452 e. The Morgan fingerprint density at radius 2 is 2.00 bits per heavy atom. The van der Waals surface area contributed by atoms with Gasteiger partial charge in [0.15, 0.2) is 6.61 Å². The van der Waals surface area contributed by atoms with E-state index in [1.807, 2.05) is 11.8 Å². The molecule has 1 amide bonds. The lowest BCUT2D eigenvalue weighted by molar-refractivity contribution is -0.384. The normalized spacial score (nSPS) is 20.0. The molecule has 0 aromatic heterocycles. The van der Waals surface area contributed by atoms with Gasteiger partial charge in [0, 0.05) is 38.3 Å². The molecule has 2 aliphatic rings. The Balaban J connectivity index is 1.72. The highest BCUT2D eigenvalue weighted by Gasteiger charge is 2.25. The molecule has 2 heterocycles. The van der Waals surface area contributed by atoms with Crippen LogP contribution in [0.25, 0.3) is 0 Å². The third-order valence-electron chi connectivity index (χ3n) is 5.03. The van der Waals surface area contributed by atoms with Crippen molar-refractivity contribution in [3.63, 3.8) is 0 Å². The molecule has 28 heavy (non-hydrogen) atoms. The maximum atomic E-state index is 12.7. The molecule has 152 valence electrons. The molecule has 0 aliphatic carbocycles. The molecule has 3 rings (SSSR count). The van der Waals surface area contributed by atoms with E-state index in [1.54, 1.807) is 11.0 Å². The number of non-ortho nitro benzene ring substituents is 1. The summed E-state index contributed by atoms with van der Waals surface area (Å²) in [5.74, 6) is -1.02. The monoisotopic (exact) mass is 391 g/mol. The van der Waals surface area contributed by atoms with E-state index < -0.39 is 17.5 Å². The van der Waals surface area contributed by atoms with Crippen molar-refractivity contribution in [3.05, 3.63) is 33.9 Å². The lowest BCUT2D eigenvalue weighted by Gasteiger charge is -2.31. The number of piperidine rings is 1. The van der Waals surface area contributed by atoms with Crippen LogP contribution in [0, 0.1) is 10.1 Å². The molecule has 0 spiro atoms. The van der Waals surface area contributed by atoms with Gasteiger partial charge < -0.3 is 19.3 Å². The Labute approximate surface area is 163 Å². The van der Waals surface area contributed by atoms with Gasteiger partial charge in [0.05, 0.1) is 28.9 Å². The fraction of sp³-hybridized carbons (Fsp3) is 0.579. The van der Waals surface area contributed by atoms with Crippen molar-refractivity contribution in [1.82, 2.24) is 4.90 Å². The van der Waals surface area contributed by atoms with E-state index in [4.69, 9.17) is 9.47 Å². The van der Waals surface area contributed by atoms with Gasteiger partial charge in [-0.05, 0) is 32.3 Å². The summed E-state index contributed by atoms with van der Waals surface area (Å²) in [6, 6.07) is 4.21. The summed E-state index contributed by atoms with van der Waals surface area (Å²) in [5, 5.41) is 11.1. The summed E-state index contributed by atoms with van der Waals surface area (Å²) >= 11 is 0. The van der Waals surface area contributed by atoms with Crippen LogP contribution in [0.5, 0.6) is 0 Å². The molecular formula is C19H25N3O6. The number of nitro benzene ring substituents is 1. The second kappa shape index (κ2) is 9.01. The predicted molar refractivity (Wildman–Crippen MR) is 101 cm³/mol. The second-order valence-electron chi connectivity index (χ2n) is 7.10. The van der Waals surface area contributed by atoms with Crippen molar-refractivity contribution in [1.29, 1.82) is 0 Å². The number of nitrogens with zero attached hydrogens (tertiary/aromatic N) is 3. The molecule has 2 aliphatic heterocycles. The number of rotatable bonds is 5. The van der Waals surface area contributed by atoms with E-state index in [0.717, 1.165) is 32.4 Å². The maximum Gasteiger partial charge on any atom is 0.341 e. The average Bonchev–Trinajstić information content (AvgIpc) is 2.72. The molecule has 0 radical (unpaired) electrons. The van der Waals surface area contributed by atoms with Crippen molar-refractivity contribution >= 4 is 23.3 Å². The Hall–Kier alpha value is -2.68. The first kappa shape index (κ1) is 20.1. The van der Waals surface area contributed by atoms with Crippen LogP contribution < -0.4 is 4.90 Å². The van der Waals surface area contributed by atoms with Gasteiger partial charge in [-0.25, -0.2) is 4.79 Å². The van der Waals surface area contributed by atoms with Crippen molar-refractivity contribution in [2.45, 2.75) is 32.3 Å². The largest absolute Gasteiger partial charge is 0.452 e. The van der Waals surface area contributed by atoms with Crippen molar-refractivity contribution in [3.8, 4) is 0 Å². The summed E-state index contributed by atoms with van der Waals surface area (Å²) in [7, 11) is 0. The summed E-state index contributed by atoms with van der Waals surface area (Å²) in [4.78, 5) is 39.2. The van der Waals surface area contributed by atoms with Gasteiger partial charge in [0.25, 0.3) is 11.6 Å². The zero-order valence-electron chi connectivity index (χ0n) is 16.0. The van der Waals surface area contributed by atoms with Gasteiger partial charge in [-0.15, -0.1) is 0 Å². The Morgan fingerprint density at radius 1 is 1.25 bits per heavy atom. The van der Waals surface area contributed by atoms with Crippen LogP contribution in [0.4, 0.5) is 11.4 Å². The molecule has 2 saturated heterocycles. The number of morpholine rings is 1. The fourth-order valence-corrected chi connectivity index (χ4v) is 3.55. The van der Waals surface area contributed by atoms with E-state index >= 15 is 0 Å². The van der Waals surface area contributed by atoms with Gasteiger partial charge in [-0.1, -0.05) is 0 Å². The molecule has 9 nitrogen and oxygen atoms in total. The Morgan fingerprint density at radius 3 is 2.68 bits per heavy atom. The molecule has 2 fully saturated rings. The third-order valence-corrected chi connectivity index (χ3v) is 5.03. The van der Waals surface area contributed by atoms with Crippen LogP contribution in [0.3, 0.4) is 0 Å². The number of esters is 1. The number of carbonyl (C=O) groups excluding carboxylic acids is 2. The number of nitro groups is 1. The van der Waals surface area contributed by atoms with Crippen LogP contribution in [-0.2, 0) is 14.3 Å². The number of benzene rings is 1. The fourth-order valence-electron chi connectivity index (χ4n) is 3.55. The molecule has 1 unspecified atom stereocenters. The molecule has 0 bridgehead atoms. The topological polar surface area (TPSA) is 102 Å². The minimum atomic E-state index is -0.723. The molecule has 1 atom stereocenters. The standard InChI is InChI=1S/C19H25N3O6/c1-14-12-21(9-10-27-14)18(23)13-28-19(24)16-11-15(22(25)26)5-6-17(16)20-7-3-2-4-8-20/h5-6,11,14H,2-4,7-10,12-13H2,1H3. The van der Waals surface area contributed by atoms with Crippen molar-refractivity contribution < 1.29 is 24.0 Å². The van der Waals surface area contributed by atoms with Gasteiger partial charge >= 0.3 is 5.97 Å². The van der Waals surface area contributed by atoms with Crippen LogP contribution in [0.1, 0.15) is 36.5 Å². The van der Waals surface area contributed by atoms with Crippen LogP contribution in [0.15, 0.2) is 18.2 Å². The smallest absolute Gasteiger partial charge is 0.341 e. The van der Waals surface area contributed by atoms with E-state index in [-0.39, 0.29) is 23.3 Å². The lowest BCUT2D eigenvalue weighted by atomic mass is 10.1. The van der Waals surface area contributed by atoms with E-state index in [2.05, 4.69) is 0 Å². The Kier molecular flexibility index (Phi) is 6.45. The quantitative estimate of drug-likeness (QED) is 0.430. The summed E-state index contributed by atoms with van der Waals surface area (Å²) in [5.41, 5.74) is 0.558. The predicted octanol–water partition coefficient (Wildman–Crippen LogP) is 1.99. The van der Waals surface area contributed by atoms with Crippen LogP contribution in [0.2, 0.25) is 0 Å². The first-order valence-corrected chi connectivity index (χ1v) is 9.55. The molecule has 0 saturated carbocycles. The van der Waals surface area contributed by atoms with Crippen molar-refractivity contribution in [2.75, 3.05) is 44.3 Å². The van der Waals surface area contributed by atoms with Crippen LogP contribution >= 0.6 is 0 Å². The number of ether oxygens (including phenoxy) is 2. The SMILES string of the molecule is CC1CN(C(=O)COC(=O)c2cc([N+](=O)[O-])ccc2N2CCCCC2)CCO1. The summed E-state index contributed by atoms with van der Waals surface area (Å²) in [6.07, 6.45) is 3.06. The number of carbonyl (C=O) groups is 2. The first-order valence-electron chi connectivity index (χ1n) is 9.55. The highest BCUT2D eigenvalue weighted by molar-refractivity contribution is 5.97. The number of anilines is 1. The second-order valence-corrected chi connectivity index (χ2v) is 7.10. The van der Waals surface area contributed by atoms with Crippen molar-refractivity contribution in [2.24, 2.45) is 0 Å². The van der Waals surface area contributed by atoms with Gasteiger partial charge in [0.1, 0.15) is 0 Å². The molecule has 9 heteroatoms. The number of hydrogen-bond acceptors (Lipinski definition) is 7. The number of amides is 1. The molecule has 1 aromatic carbocycles. The summed E-state index contributed by atoms with van der Waals surface area (Å²) < 4.78 is 10.6. The summed E-state index contributed by atoms with van der Waals surface area (Å²) in [6.45, 7) is 4.39. The molecule has 1 aromatic rings. The van der Waals surface area contributed by atoms with E-state index in [1.165, 1.54) is 12.1 Å². The first-order chi connectivity index (χ1) is 13.5. The van der Waals surface area contributed by atoms with Gasteiger partial charge in [-0.2, -0.15) is 0 Å². The molecule has 0 N–H and O–H groups in total. The maximum absolute atomic E-state index is 12.7. The van der Waals surface area contributed by atoms with E-state index in [0.29, 0.717) is 25.4 Å². The van der Waals surface area contributed by atoms with Gasteiger partial charge in [0.2, 0.25) is 0 Å². The lowest BCUT2D eigenvalue weighted by Crippen LogP contribution is -2.46. The van der Waals surface area contributed by atoms with Crippen LogP contribution in [-0.4, -0.2) is 67.2 Å². The zero-order valence-corrected chi connectivity index (χ0v) is 16.0. The Bertz CT molecular complexity index is 747.